The third kappa shape index (κ3) is 2.64. The maximum atomic E-state index is 14.2. The van der Waals surface area contributed by atoms with E-state index in [1.54, 1.807) is 35.7 Å². The minimum absolute atomic E-state index is 0.175. The molecule has 0 radical (unpaired) electrons. The monoisotopic (exact) mass is 432 g/mol. The lowest BCUT2D eigenvalue weighted by Gasteiger charge is -2.10. The Bertz CT molecular complexity index is 1650. The Kier molecular flexibility index (Phi) is 4.30. The Hall–Kier alpha value is -4.14. The minimum Gasteiger partial charge on any atom is -0.397 e. The second-order valence-corrected chi connectivity index (χ2v) is 7.81. The van der Waals surface area contributed by atoms with Crippen molar-refractivity contribution in [1.82, 2.24) is 23.1 Å². The van der Waals surface area contributed by atoms with Crippen molar-refractivity contribution in [1.29, 1.82) is 0 Å². The summed E-state index contributed by atoms with van der Waals surface area (Å²) in [6, 6.07) is 13.5. The average molecular weight is 432 g/mol. The highest BCUT2D eigenvalue weighted by Crippen LogP contribution is 2.27. The molecule has 0 unspecified atom stereocenters. The van der Waals surface area contributed by atoms with E-state index in [0.717, 1.165) is 21.6 Å². The Morgan fingerprint density at radius 2 is 1.69 bits per heavy atom. The van der Waals surface area contributed by atoms with E-state index in [1.807, 2.05) is 36.6 Å². The summed E-state index contributed by atoms with van der Waals surface area (Å²) in [6.07, 6.45) is 0. The molecule has 8 nitrogen and oxygen atoms in total. The molecule has 0 atom stereocenters. The van der Waals surface area contributed by atoms with Gasteiger partial charge in [-0.15, -0.1) is 0 Å². The number of rotatable bonds is 3. The second kappa shape index (κ2) is 6.94. The quantitative estimate of drug-likeness (QED) is 0.444. The minimum atomic E-state index is -0.563. The number of fused-ring (bicyclic) bond motifs is 3. The molecule has 2 N–H and O–H groups in total. The number of aromatic nitrogens is 5. The van der Waals surface area contributed by atoms with Crippen LogP contribution in [0.2, 0.25) is 0 Å². The Balaban J connectivity index is 1.87. The fourth-order valence-corrected chi connectivity index (χ4v) is 4.17. The van der Waals surface area contributed by atoms with E-state index >= 15 is 0 Å². The first-order chi connectivity index (χ1) is 15.3. The summed E-state index contributed by atoms with van der Waals surface area (Å²) >= 11 is 0. The van der Waals surface area contributed by atoms with E-state index in [9.17, 15) is 14.0 Å². The molecular formula is C23H21FN6O2. The third-order valence-electron chi connectivity index (χ3n) is 5.98. The number of para-hydroxylation sites is 2. The van der Waals surface area contributed by atoms with Gasteiger partial charge in [-0.05, 0) is 32.0 Å². The van der Waals surface area contributed by atoms with Crippen LogP contribution in [0.3, 0.4) is 0 Å². The van der Waals surface area contributed by atoms with Crippen LogP contribution in [-0.2, 0) is 13.6 Å². The van der Waals surface area contributed by atoms with Gasteiger partial charge in [-0.25, -0.2) is 9.18 Å². The summed E-state index contributed by atoms with van der Waals surface area (Å²) < 4.78 is 20.2. The van der Waals surface area contributed by atoms with Gasteiger partial charge in [-0.1, -0.05) is 30.3 Å². The molecule has 0 fully saturated rings. The predicted molar refractivity (Wildman–Crippen MR) is 121 cm³/mol. The number of nitrogens with zero attached hydrogens (tertiary/aromatic N) is 5. The van der Waals surface area contributed by atoms with Crippen molar-refractivity contribution in [3.05, 3.63) is 92.1 Å². The van der Waals surface area contributed by atoms with Crippen molar-refractivity contribution in [3.8, 4) is 5.69 Å². The molecule has 2 aromatic carbocycles. The highest BCUT2D eigenvalue weighted by molar-refractivity contribution is 5.78. The molecule has 9 heteroatoms. The molecule has 162 valence electrons. The molecule has 0 saturated carbocycles. The smallest absolute Gasteiger partial charge is 0.332 e. The molecule has 5 rings (SSSR count). The summed E-state index contributed by atoms with van der Waals surface area (Å²) in [5.74, 6) is 0.00125. The number of benzene rings is 2. The van der Waals surface area contributed by atoms with Crippen molar-refractivity contribution in [3.63, 3.8) is 0 Å². The largest absolute Gasteiger partial charge is 0.397 e. The van der Waals surface area contributed by atoms with Crippen LogP contribution in [0.25, 0.3) is 22.6 Å². The van der Waals surface area contributed by atoms with Gasteiger partial charge in [0, 0.05) is 24.0 Å². The van der Waals surface area contributed by atoms with Crippen LogP contribution in [0, 0.1) is 19.7 Å². The van der Waals surface area contributed by atoms with E-state index in [0.29, 0.717) is 11.5 Å². The molecule has 3 aromatic heterocycles. The lowest BCUT2D eigenvalue weighted by Crippen LogP contribution is -2.39. The van der Waals surface area contributed by atoms with Crippen molar-refractivity contribution < 1.29 is 4.39 Å². The summed E-state index contributed by atoms with van der Waals surface area (Å²) in [7, 11) is 1.55. The van der Waals surface area contributed by atoms with Gasteiger partial charge in [0.2, 0.25) is 5.78 Å². The summed E-state index contributed by atoms with van der Waals surface area (Å²) in [6.45, 7) is 3.62. The van der Waals surface area contributed by atoms with Crippen molar-refractivity contribution in [2.75, 3.05) is 5.73 Å². The first-order valence-electron chi connectivity index (χ1n) is 10.1. The first kappa shape index (κ1) is 19.8. The molecular weight excluding hydrogens is 411 g/mol. The first-order valence-corrected chi connectivity index (χ1v) is 10.1. The number of hydrogen-bond donors (Lipinski definition) is 1. The molecule has 0 saturated heterocycles. The number of hydrogen-bond acceptors (Lipinski definition) is 4. The van der Waals surface area contributed by atoms with Crippen LogP contribution >= 0.6 is 0 Å². The van der Waals surface area contributed by atoms with Gasteiger partial charge >= 0.3 is 5.69 Å². The van der Waals surface area contributed by atoms with E-state index in [1.165, 1.54) is 10.6 Å². The van der Waals surface area contributed by atoms with Gasteiger partial charge in [-0.3, -0.25) is 22.9 Å². The van der Waals surface area contributed by atoms with Gasteiger partial charge in [-0.2, -0.15) is 4.98 Å². The zero-order valence-corrected chi connectivity index (χ0v) is 17.8. The van der Waals surface area contributed by atoms with Gasteiger partial charge in [0.15, 0.2) is 11.2 Å². The molecule has 32 heavy (non-hydrogen) atoms. The van der Waals surface area contributed by atoms with Gasteiger partial charge in [0.1, 0.15) is 5.82 Å². The van der Waals surface area contributed by atoms with Gasteiger partial charge in [0.05, 0.1) is 17.9 Å². The van der Waals surface area contributed by atoms with Crippen molar-refractivity contribution in [2.24, 2.45) is 7.05 Å². The number of halogens is 1. The summed E-state index contributed by atoms with van der Waals surface area (Å²) in [5, 5.41) is 0. The molecule has 0 aliphatic heterocycles. The molecule has 0 aliphatic rings. The molecule has 5 aromatic rings. The van der Waals surface area contributed by atoms with E-state index in [4.69, 9.17) is 5.73 Å². The topological polar surface area (TPSA) is 92.2 Å². The number of imidazole rings is 2. The number of anilines is 1. The van der Waals surface area contributed by atoms with Crippen LogP contribution in [0.4, 0.5) is 10.1 Å². The van der Waals surface area contributed by atoms with E-state index in [-0.39, 0.29) is 23.3 Å². The molecule has 0 aliphatic carbocycles. The average Bonchev–Trinajstić information content (AvgIpc) is 3.27. The molecule has 0 amide bonds. The lowest BCUT2D eigenvalue weighted by atomic mass is 10.2. The van der Waals surface area contributed by atoms with Crippen LogP contribution in [0.1, 0.15) is 17.0 Å². The second-order valence-electron chi connectivity index (χ2n) is 7.81. The highest BCUT2D eigenvalue weighted by Gasteiger charge is 2.24. The predicted octanol–water partition coefficient (Wildman–Crippen LogP) is 2.53. The highest BCUT2D eigenvalue weighted by atomic mass is 19.1. The molecule has 0 bridgehead atoms. The maximum Gasteiger partial charge on any atom is 0.332 e. The van der Waals surface area contributed by atoms with Crippen LogP contribution in [-0.4, -0.2) is 23.1 Å². The van der Waals surface area contributed by atoms with E-state index in [2.05, 4.69) is 4.98 Å². The fraction of sp³-hybridized carbons (Fsp3) is 0.174. The zero-order valence-electron chi connectivity index (χ0n) is 17.8. The number of aryl methyl sites for hydroxylation is 2. The van der Waals surface area contributed by atoms with Crippen molar-refractivity contribution >= 4 is 22.6 Å². The number of nitrogen functional groups attached to an aromatic ring is 1. The Morgan fingerprint density at radius 1 is 1.00 bits per heavy atom. The van der Waals surface area contributed by atoms with Gasteiger partial charge < -0.3 is 5.73 Å². The SMILES string of the molecule is Cc1c(C)n2c3c(=O)n(Cc4ccccc4F)c(=O)n(C)c3nc2n1-c1ccccc1N. The van der Waals surface area contributed by atoms with Crippen LogP contribution < -0.4 is 17.0 Å². The fourth-order valence-electron chi connectivity index (χ4n) is 4.17. The van der Waals surface area contributed by atoms with Crippen molar-refractivity contribution in [2.45, 2.75) is 20.4 Å². The Labute approximate surface area is 181 Å². The van der Waals surface area contributed by atoms with Crippen LogP contribution in [0.5, 0.6) is 0 Å². The summed E-state index contributed by atoms with van der Waals surface area (Å²) in [5.41, 5.74) is 8.84. The van der Waals surface area contributed by atoms with Gasteiger partial charge in [0.25, 0.3) is 5.56 Å². The standard InChI is InChI=1S/C23H21FN6O2/c1-13-14(2)30-19-20(26-22(30)29(13)18-11-7-6-10-17(18)25)27(3)23(32)28(21(19)31)12-15-8-4-5-9-16(15)24/h4-11H,12,25H2,1-3H3. The molecule has 0 spiro atoms. The third-order valence-corrected chi connectivity index (χ3v) is 5.98. The van der Waals surface area contributed by atoms with Crippen LogP contribution in [0.15, 0.2) is 58.1 Å². The van der Waals surface area contributed by atoms with E-state index < -0.39 is 17.1 Å². The maximum absolute atomic E-state index is 14.2. The zero-order chi connectivity index (χ0) is 22.7. The molecule has 3 heterocycles. The lowest BCUT2D eigenvalue weighted by molar-refractivity contribution is 0.582. The number of nitrogens with two attached hydrogens (primary N) is 1. The Morgan fingerprint density at radius 3 is 2.41 bits per heavy atom. The summed E-state index contributed by atoms with van der Waals surface area (Å²) in [4.78, 5) is 31.2. The normalized spacial score (nSPS) is 11.6.